The highest BCUT2D eigenvalue weighted by Crippen LogP contribution is 2.21. The van der Waals surface area contributed by atoms with Gasteiger partial charge in [-0.15, -0.1) is 5.10 Å². The van der Waals surface area contributed by atoms with Crippen LogP contribution in [-0.4, -0.2) is 23.3 Å². The minimum absolute atomic E-state index is 0.0767. The lowest BCUT2D eigenvalue weighted by Crippen LogP contribution is -2.28. The second-order valence-electron chi connectivity index (χ2n) is 5.23. The van der Waals surface area contributed by atoms with Crippen molar-refractivity contribution in [2.75, 3.05) is 18.0 Å². The number of nitrogens with zero attached hydrogens (tertiary/aromatic N) is 3. The van der Waals surface area contributed by atoms with E-state index >= 15 is 0 Å². The zero-order valence-corrected chi connectivity index (χ0v) is 10.3. The summed E-state index contributed by atoms with van der Waals surface area (Å²) in [5, 5.41) is 8.62. The lowest BCUT2D eigenvalue weighted by atomic mass is 9.92. The SMILES string of the molecule is CC(C)(C)c1ccc(N2CC=CCC2)nn1. The third kappa shape index (κ3) is 2.40. The molecule has 0 fully saturated rings. The normalized spacial score (nSPS) is 16.6. The molecule has 86 valence electrons. The van der Waals surface area contributed by atoms with Gasteiger partial charge in [0.25, 0.3) is 0 Å². The van der Waals surface area contributed by atoms with Crippen molar-refractivity contribution in [1.82, 2.24) is 10.2 Å². The number of anilines is 1. The van der Waals surface area contributed by atoms with E-state index in [1.54, 1.807) is 0 Å². The highest BCUT2D eigenvalue weighted by atomic mass is 15.3. The minimum Gasteiger partial charge on any atom is -0.351 e. The summed E-state index contributed by atoms with van der Waals surface area (Å²) >= 11 is 0. The standard InChI is InChI=1S/C13H19N3/c1-13(2,3)11-7-8-12(15-14-11)16-9-5-4-6-10-16/h4-5,7-8H,6,9-10H2,1-3H3. The molecule has 0 bridgehead atoms. The molecule has 0 radical (unpaired) electrons. The van der Waals surface area contributed by atoms with Gasteiger partial charge in [0.05, 0.1) is 5.69 Å². The minimum atomic E-state index is 0.0767. The van der Waals surface area contributed by atoms with Crippen molar-refractivity contribution in [3.63, 3.8) is 0 Å². The van der Waals surface area contributed by atoms with Crippen LogP contribution in [0.15, 0.2) is 24.3 Å². The van der Waals surface area contributed by atoms with E-state index in [4.69, 9.17) is 0 Å². The van der Waals surface area contributed by atoms with E-state index in [2.05, 4.69) is 60.2 Å². The van der Waals surface area contributed by atoms with Gasteiger partial charge >= 0.3 is 0 Å². The first kappa shape index (κ1) is 11.1. The molecular formula is C13H19N3. The summed E-state index contributed by atoms with van der Waals surface area (Å²) in [7, 11) is 0. The highest BCUT2D eigenvalue weighted by molar-refractivity contribution is 5.39. The Kier molecular flexibility index (Phi) is 2.95. The van der Waals surface area contributed by atoms with E-state index in [-0.39, 0.29) is 5.41 Å². The number of rotatable bonds is 1. The van der Waals surface area contributed by atoms with E-state index in [0.717, 1.165) is 31.0 Å². The second-order valence-corrected chi connectivity index (χ2v) is 5.23. The monoisotopic (exact) mass is 217 g/mol. The highest BCUT2D eigenvalue weighted by Gasteiger charge is 2.17. The maximum atomic E-state index is 4.31. The van der Waals surface area contributed by atoms with E-state index < -0.39 is 0 Å². The molecule has 0 amide bonds. The van der Waals surface area contributed by atoms with Gasteiger partial charge in [-0.05, 0) is 18.6 Å². The fourth-order valence-corrected chi connectivity index (χ4v) is 1.74. The first-order chi connectivity index (χ1) is 7.57. The first-order valence-corrected chi connectivity index (χ1v) is 5.81. The van der Waals surface area contributed by atoms with Crippen molar-refractivity contribution < 1.29 is 0 Å². The zero-order valence-electron chi connectivity index (χ0n) is 10.3. The number of aromatic nitrogens is 2. The molecule has 0 N–H and O–H groups in total. The molecule has 0 unspecified atom stereocenters. The molecule has 1 aliphatic heterocycles. The molecule has 3 nitrogen and oxygen atoms in total. The van der Waals surface area contributed by atoms with Crippen LogP contribution >= 0.6 is 0 Å². The second kappa shape index (κ2) is 4.24. The summed E-state index contributed by atoms with van der Waals surface area (Å²) in [5.74, 6) is 0.984. The first-order valence-electron chi connectivity index (χ1n) is 5.81. The van der Waals surface area contributed by atoms with Crippen LogP contribution in [0, 0.1) is 0 Å². The van der Waals surface area contributed by atoms with Gasteiger partial charge in [-0.3, -0.25) is 0 Å². The van der Waals surface area contributed by atoms with Gasteiger partial charge < -0.3 is 4.90 Å². The Balaban J connectivity index is 2.16. The van der Waals surface area contributed by atoms with Gasteiger partial charge in [0.1, 0.15) is 0 Å². The molecule has 1 aromatic heterocycles. The Hall–Kier alpha value is -1.38. The summed E-state index contributed by atoms with van der Waals surface area (Å²) in [5.41, 5.74) is 1.12. The van der Waals surface area contributed by atoms with Crippen LogP contribution in [0.2, 0.25) is 0 Å². The van der Waals surface area contributed by atoms with Crippen LogP contribution in [0.1, 0.15) is 32.9 Å². The van der Waals surface area contributed by atoms with Crippen molar-refractivity contribution >= 4 is 5.82 Å². The molecule has 3 heteroatoms. The van der Waals surface area contributed by atoms with Crippen molar-refractivity contribution in [1.29, 1.82) is 0 Å². The van der Waals surface area contributed by atoms with Crippen LogP contribution in [0.25, 0.3) is 0 Å². The van der Waals surface area contributed by atoms with E-state index in [1.165, 1.54) is 0 Å². The Labute approximate surface area is 97.2 Å². The van der Waals surface area contributed by atoms with Crippen LogP contribution in [0.4, 0.5) is 5.82 Å². The lowest BCUT2D eigenvalue weighted by molar-refractivity contribution is 0.557. The molecule has 1 aliphatic rings. The molecule has 2 rings (SSSR count). The molecule has 0 atom stereocenters. The average Bonchev–Trinajstić information content (AvgIpc) is 2.29. The Bertz CT molecular complexity index is 373. The quantitative estimate of drug-likeness (QED) is 0.677. The smallest absolute Gasteiger partial charge is 0.151 e. The largest absolute Gasteiger partial charge is 0.351 e. The number of hydrogen-bond donors (Lipinski definition) is 0. The van der Waals surface area contributed by atoms with Crippen molar-refractivity contribution in [3.05, 3.63) is 30.0 Å². The lowest BCUT2D eigenvalue weighted by Gasteiger charge is -2.24. The Morgan fingerprint density at radius 3 is 2.44 bits per heavy atom. The number of hydrogen-bond acceptors (Lipinski definition) is 3. The molecule has 0 aromatic carbocycles. The van der Waals surface area contributed by atoms with Gasteiger partial charge in [-0.2, -0.15) is 5.10 Å². The topological polar surface area (TPSA) is 29.0 Å². The van der Waals surface area contributed by atoms with Gasteiger partial charge in [0.15, 0.2) is 5.82 Å². The van der Waals surface area contributed by atoms with E-state index in [0.29, 0.717) is 0 Å². The molecule has 0 spiro atoms. The molecule has 1 aromatic rings. The predicted octanol–water partition coefficient (Wildman–Crippen LogP) is 2.54. The Morgan fingerprint density at radius 1 is 1.12 bits per heavy atom. The summed E-state index contributed by atoms with van der Waals surface area (Å²) in [6, 6.07) is 4.16. The van der Waals surface area contributed by atoms with Gasteiger partial charge in [-0.25, -0.2) is 0 Å². The van der Waals surface area contributed by atoms with Crippen molar-refractivity contribution in [3.8, 4) is 0 Å². The predicted molar refractivity (Wildman–Crippen MR) is 66.7 cm³/mol. The van der Waals surface area contributed by atoms with Crippen LogP contribution in [-0.2, 0) is 5.41 Å². The van der Waals surface area contributed by atoms with Crippen molar-refractivity contribution in [2.24, 2.45) is 0 Å². The van der Waals surface area contributed by atoms with Crippen molar-refractivity contribution in [2.45, 2.75) is 32.6 Å². The fourth-order valence-electron chi connectivity index (χ4n) is 1.74. The van der Waals surface area contributed by atoms with Gasteiger partial charge in [0.2, 0.25) is 0 Å². The van der Waals surface area contributed by atoms with E-state index in [1.807, 2.05) is 0 Å². The molecule has 16 heavy (non-hydrogen) atoms. The average molecular weight is 217 g/mol. The van der Waals surface area contributed by atoms with Crippen LogP contribution < -0.4 is 4.90 Å². The molecule has 0 saturated carbocycles. The molecular weight excluding hydrogens is 198 g/mol. The third-order valence-corrected chi connectivity index (χ3v) is 2.80. The summed E-state index contributed by atoms with van der Waals surface area (Å²) in [6.07, 6.45) is 5.50. The summed E-state index contributed by atoms with van der Waals surface area (Å²) in [6.45, 7) is 8.45. The summed E-state index contributed by atoms with van der Waals surface area (Å²) in [4.78, 5) is 2.25. The molecule has 0 saturated heterocycles. The fraction of sp³-hybridized carbons (Fsp3) is 0.538. The Morgan fingerprint density at radius 2 is 1.94 bits per heavy atom. The summed E-state index contributed by atoms with van der Waals surface area (Å²) < 4.78 is 0. The van der Waals surface area contributed by atoms with E-state index in [9.17, 15) is 0 Å². The maximum absolute atomic E-state index is 4.31. The van der Waals surface area contributed by atoms with Crippen LogP contribution in [0.5, 0.6) is 0 Å². The van der Waals surface area contributed by atoms with Gasteiger partial charge in [-0.1, -0.05) is 32.9 Å². The molecule has 2 heterocycles. The zero-order chi connectivity index (χ0) is 11.6. The maximum Gasteiger partial charge on any atom is 0.151 e. The third-order valence-electron chi connectivity index (χ3n) is 2.80. The molecule has 0 aliphatic carbocycles. The van der Waals surface area contributed by atoms with Crippen LogP contribution in [0.3, 0.4) is 0 Å². The van der Waals surface area contributed by atoms with Gasteiger partial charge in [0, 0.05) is 18.5 Å².